The molecule has 0 aromatic heterocycles. The van der Waals surface area contributed by atoms with Crippen LogP contribution in [0.1, 0.15) is 12.5 Å². The fourth-order valence-corrected chi connectivity index (χ4v) is 2.33. The van der Waals surface area contributed by atoms with E-state index in [4.69, 9.17) is 11.5 Å². The average molecular weight is 218 g/mol. The summed E-state index contributed by atoms with van der Waals surface area (Å²) in [7, 11) is 0. The molecule has 0 aliphatic carbocycles. The molecule has 0 amide bonds. The fraction of sp³-hybridized carbons (Fsp3) is 0.417. The third-order valence-electron chi connectivity index (χ3n) is 3.02. The summed E-state index contributed by atoms with van der Waals surface area (Å²) in [5, 5.41) is 0. The molecule has 0 bridgehead atoms. The van der Waals surface area contributed by atoms with Crippen molar-refractivity contribution in [2.24, 2.45) is 16.5 Å². The Labute approximate surface area is 96.0 Å². The summed E-state index contributed by atoms with van der Waals surface area (Å²) in [4.78, 5) is 6.48. The van der Waals surface area contributed by atoms with Gasteiger partial charge in [0.05, 0.1) is 12.6 Å². The van der Waals surface area contributed by atoms with E-state index in [1.165, 1.54) is 11.3 Å². The number of hydrogen-bond acceptors (Lipinski definition) is 2. The van der Waals surface area contributed by atoms with Gasteiger partial charge in [0, 0.05) is 12.2 Å². The van der Waals surface area contributed by atoms with Gasteiger partial charge in [-0.2, -0.15) is 0 Å². The van der Waals surface area contributed by atoms with Gasteiger partial charge in [0.15, 0.2) is 5.96 Å². The summed E-state index contributed by atoms with van der Waals surface area (Å²) >= 11 is 0. The topological polar surface area (TPSA) is 67.6 Å². The minimum atomic E-state index is 0.173. The van der Waals surface area contributed by atoms with E-state index in [0.717, 1.165) is 13.0 Å². The smallest absolute Gasteiger partial charge is 0.185 e. The van der Waals surface area contributed by atoms with E-state index in [1.807, 2.05) is 0 Å². The highest BCUT2D eigenvalue weighted by Crippen LogP contribution is 2.31. The van der Waals surface area contributed by atoms with Crippen molar-refractivity contribution in [3.05, 3.63) is 29.8 Å². The molecular weight excluding hydrogens is 200 g/mol. The number of guanidine groups is 1. The number of benzene rings is 1. The van der Waals surface area contributed by atoms with Crippen LogP contribution in [0, 0.1) is 0 Å². The molecule has 16 heavy (non-hydrogen) atoms. The number of anilines is 1. The van der Waals surface area contributed by atoms with E-state index in [2.05, 4.69) is 41.1 Å². The van der Waals surface area contributed by atoms with E-state index in [1.54, 1.807) is 0 Å². The number of fused-ring (bicyclic) bond motifs is 1. The molecule has 4 N–H and O–H groups in total. The van der Waals surface area contributed by atoms with E-state index >= 15 is 0 Å². The minimum absolute atomic E-state index is 0.173. The minimum Gasteiger partial charge on any atom is -0.370 e. The van der Waals surface area contributed by atoms with E-state index in [-0.39, 0.29) is 5.96 Å². The van der Waals surface area contributed by atoms with Crippen LogP contribution in [-0.4, -0.2) is 25.1 Å². The lowest BCUT2D eigenvalue weighted by molar-refractivity contribution is 0.644. The number of para-hydroxylation sites is 1. The molecule has 1 atom stereocenters. The standard InChI is InChI=1S/C12H18N4/c1-2-16-10(8-15-12(13)14)7-9-5-3-4-6-11(9)16/h3-6,10H,2,7-8H2,1H3,(H4,13,14,15). The van der Waals surface area contributed by atoms with Gasteiger partial charge in [-0.25, -0.2) is 0 Å². The van der Waals surface area contributed by atoms with Crippen molar-refractivity contribution in [2.45, 2.75) is 19.4 Å². The highest BCUT2D eigenvalue weighted by Gasteiger charge is 2.27. The second-order valence-electron chi connectivity index (χ2n) is 4.04. The van der Waals surface area contributed by atoms with Crippen LogP contribution in [0.2, 0.25) is 0 Å². The Hall–Kier alpha value is -1.71. The molecule has 0 saturated heterocycles. The van der Waals surface area contributed by atoms with Crippen LogP contribution in [0.5, 0.6) is 0 Å². The van der Waals surface area contributed by atoms with Crippen LogP contribution in [0.25, 0.3) is 0 Å². The molecule has 1 aromatic rings. The number of hydrogen-bond donors (Lipinski definition) is 2. The zero-order valence-corrected chi connectivity index (χ0v) is 9.56. The van der Waals surface area contributed by atoms with Crippen LogP contribution in [-0.2, 0) is 6.42 Å². The quantitative estimate of drug-likeness (QED) is 0.580. The number of nitrogens with two attached hydrogens (primary N) is 2. The average Bonchev–Trinajstić information content (AvgIpc) is 2.63. The van der Waals surface area contributed by atoms with E-state index < -0.39 is 0 Å². The van der Waals surface area contributed by atoms with Gasteiger partial charge in [-0.1, -0.05) is 18.2 Å². The Balaban J connectivity index is 2.18. The molecule has 0 saturated carbocycles. The van der Waals surface area contributed by atoms with Gasteiger partial charge in [-0.3, -0.25) is 4.99 Å². The van der Waals surface area contributed by atoms with Gasteiger partial charge in [-0.15, -0.1) is 0 Å². The van der Waals surface area contributed by atoms with Crippen molar-refractivity contribution in [1.29, 1.82) is 0 Å². The molecule has 1 aliphatic heterocycles. The molecule has 2 rings (SSSR count). The molecule has 1 aliphatic rings. The maximum Gasteiger partial charge on any atom is 0.185 e. The summed E-state index contributed by atoms with van der Waals surface area (Å²) in [6.07, 6.45) is 1.03. The first kappa shape index (κ1) is 10.8. The largest absolute Gasteiger partial charge is 0.370 e. The first-order valence-electron chi connectivity index (χ1n) is 5.62. The molecule has 1 aromatic carbocycles. The Morgan fingerprint density at radius 3 is 2.88 bits per heavy atom. The first-order valence-corrected chi connectivity index (χ1v) is 5.62. The highest BCUT2D eigenvalue weighted by atomic mass is 15.2. The molecular formula is C12H18N4. The van der Waals surface area contributed by atoms with Crippen molar-refractivity contribution in [3.8, 4) is 0 Å². The highest BCUT2D eigenvalue weighted by molar-refractivity contribution is 5.75. The third kappa shape index (κ3) is 1.96. The lowest BCUT2D eigenvalue weighted by Crippen LogP contribution is -2.35. The monoisotopic (exact) mass is 218 g/mol. The summed E-state index contributed by atoms with van der Waals surface area (Å²) in [6, 6.07) is 8.88. The lowest BCUT2D eigenvalue weighted by atomic mass is 10.1. The number of likely N-dealkylation sites (N-methyl/N-ethyl adjacent to an activating group) is 1. The SMILES string of the molecule is CCN1c2ccccc2CC1CN=C(N)N. The summed E-state index contributed by atoms with van der Waals surface area (Å²) in [6.45, 7) is 3.82. The summed E-state index contributed by atoms with van der Waals surface area (Å²) in [5.41, 5.74) is 13.5. The Bertz CT molecular complexity index is 396. The van der Waals surface area contributed by atoms with Crippen LogP contribution in [0.3, 0.4) is 0 Å². The molecule has 0 spiro atoms. The maximum absolute atomic E-state index is 5.37. The predicted molar refractivity (Wildman–Crippen MR) is 67.6 cm³/mol. The van der Waals surface area contributed by atoms with Crippen molar-refractivity contribution in [2.75, 3.05) is 18.0 Å². The molecule has 1 heterocycles. The van der Waals surface area contributed by atoms with Gasteiger partial charge in [0.25, 0.3) is 0 Å². The second-order valence-corrected chi connectivity index (χ2v) is 4.04. The number of rotatable bonds is 3. The Morgan fingerprint density at radius 2 is 2.19 bits per heavy atom. The van der Waals surface area contributed by atoms with Crippen LogP contribution in [0.4, 0.5) is 5.69 Å². The van der Waals surface area contributed by atoms with Gasteiger partial charge < -0.3 is 16.4 Å². The van der Waals surface area contributed by atoms with Crippen molar-refractivity contribution in [1.82, 2.24) is 0 Å². The Kier molecular flexibility index (Phi) is 2.99. The number of aliphatic imine (C=N–C) groups is 1. The van der Waals surface area contributed by atoms with Crippen molar-refractivity contribution < 1.29 is 0 Å². The number of nitrogens with zero attached hydrogens (tertiary/aromatic N) is 2. The van der Waals surface area contributed by atoms with E-state index in [0.29, 0.717) is 12.6 Å². The molecule has 0 radical (unpaired) electrons. The fourth-order valence-electron chi connectivity index (χ4n) is 2.33. The lowest BCUT2D eigenvalue weighted by Gasteiger charge is -2.24. The van der Waals surface area contributed by atoms with Gasteiger partial charge >= 0.3 is 0 Å². The van der Waals surface area contributed by atoms with Crippen molar-refractivity contribution in [3.63, 3.8) is 0 Å². The van der Waals surface area contributed by atoms with Crippen LogP contribution < -0.4 is 16.4 Å². The molecule has 0 fully saturated rings. The zero-order valence-electron chi connectivity index (χ0n) is 9.56. The zero-order chi connectivity index (χ0) is 11.5. The van der Waals surface area contributed by atoms with Gasteiger partial charge in [-0.05, 0) is 25.0 Å². The molecule has 4 heteroatoms. The predicted octanol–water partition coefficient (Wildman–Crippen LogP) is 0.711. The summed E-state index contributed by atoms with van der Waals surface area (Å²) < 4.78 is 0. The van der Waals surface area contributed by atoms with E-state index in [9.17, 15) is 0 Å². The third-order valence-corrected chi connectivity index (χ3v) is 3.02. The Morgan fingerprint density at radius 1 is 1.44 bits per heavy atom. The summed E-state index contributed by atoms with van der Waals surface area (Å²) in [5.74, 6) is 0.173. The van der Waals surface area contributed by atoms with Gasteiger partial charge in [0.1, 0.15) is 0 Å². The molecule has 4 nitrogen and oxygen atoms in total. The molecule has 86 valence electrons. The maximum atomic E-state index is 5.37. The molecule has 1 unspecified atom stereocenters. The normalized spacial score (nSPS) is 18.3. The van der Waals surface area contributed by atoms with Crippen molar-refractivity contribution >= 4 is 11.6 Å². The van der Waals surface area contributed by atoms with Gasteiger partial charge in [0.2, 0.25) is 0 Å². The van der Waals surface area contributed by atoms with Crippen LogP contribution in [0.15, 0.2) is 29.3 Å². The van der Waals surface area contributed by atoms with Crippen LogP contribution >= 0.6 is 0 Å². The first-order chi connectivity index (χ1) is 7.72. The second kappa shape index (κ2) is 4.43.